The van der Waals surface area contributed by atoms with Crippen LogP contribution in [0.2, 0.25) is 5.02 Å². The third kappa shape index (κ3) is 5.60. The average molecular weight is 486 g/mol. The van der Waals surface area contributed by atoms with Crippen LogP contribution in [0, 0.1) is 0 Å². The molecule has 0 aliphatic heterocycles. The molecule has 0 unspecified atom stereocenters. The minimum absolute atomic E-state index is 0.00919. The van der Waals surface area contributed by atoms with Crippen LogP contribution in [0.1, 0.15) is 39.2 Å². The maximum Gasteiger partial charge on any atom is 0.255 e. The molecule has 0 aliphatic carbocycles. The lowest BCUT2D eigenvalue weighted by Gasteiger charge is -2.17. The normalized spacial score (nSPS) is 12.3. The number of anilines is 1. The molecule has 2 N–H and O–H groups in total. The third-order valence-corrected chi connectivity index (χ3v) is 7.32. The highest BCUT2D eigenvalue weighted by Gasteiger charge is 2.23. The van der Waals surface area contributed by atoms with Gasteiger partial charge in [0, 0.05) is 19.7 Å². The van der Waals surface area contributed by atoms with Gasteiger partial charge in [-0.2, -0.15) is 0 Å². The summed E-state index contributed by atoms with van der Waals surface area (Å²) < 4.78 is 26.0. The lowest BCUT2D eigenvalue weighted by molar-refractivity contribution is 0.0940. The SMILES string of the molecule is C[C@@H](NC(=O)c1ccccc1NC(=O)c1ccc(Cl)c(S(=O)(=O)N(C)C)c1)c1ccccc1. The second kappa shape index (κ2) is 10.2. The monoisotopic (exact) mass is 485 g/mol. The largest absolute Gasteiger partial charge is 0.345 e. The minimum Gasteiger partial charge on any atom is -0.345 e. The fourth-order valence-corrected chi connectivity index (χ4v) is 4.52. The predicted molar refractivity (Wildman–Crippen MR) is 129 cm³/mol. The lowest BCUT2D eigenvalue weighted by Crippen LogP contribution is -2.28. The van der Waals surface area contributed by atoms with Crippen LogP contribution in [-0.4, -0.2) is 38.6 Å². The van der Waals surface area contributed by atoms with E-state index >= 15 is 0 Å². The molecule has 3 aromatic rings. The summed E-state index contributed by atoms with van der Waals surface area (Å²) in [5.41, 5.74) is 1.62. The Hall–Kier alpha value is -3.20. The summed E-state index contributed by atoms with van der Waals surface area (Å²) in [5.74, 6) is -0.924. The van der Waals surface area contributed by atoms with Crippen molar-refractivity contribution in [2.24, 2.45) is 0 Å². The third-order valence-electron chi connectivity index (χ3n) is 5.02. The van der Waals surface area contributed by atoms with E-state index < -0.39 is 15.9 Å². The lowest BCUT2D eigenvalue weighted by atomic mass is 10.1. The number of hydrogen-bond acceptors (Lipinski definition) is 4. The predicted octanol–water partition coefficient (Wildman–Crippen LogP) is 4.33. The van der Waals surface area contributed by atoms with Crippen LogP contribution in [-0.2, 0) is 10.0 Å². The van der Waals surface area contributed by atoms with E-state index in [9.17, 15) is 18.0 Å². The first-order valence-corrected chi connectivity index (χ1v) is 11.9. The van der Waals surface area contributed by atoms with Crippen LogP contribution in [0.4, 0.5) is 5.69 Å². The average Bonchev–Trinajstić information content (AvgIpc) is 2.79. The van der Waals surface area contributed by atoms with E-state index in [-0.39, 0.29) is 33.0 Å². The summed E-state index contributed by atoms with van der Waals surface area (Å²) >= 11 is 6.06. The number of hydrogen-bond donors (Lipinski definition) is 2. The number of rotatable bonds is 7. The molecule has 3 rings (SSSR count). The molecular formula is C24H24ClN3O4S. The fraction of sp³-hybridized carbons (Fsp3) is 0.167. The topological polar surface area (TPSA) is 95.6 Å². The second-order valence-electron chi connectivity index (χ2n) is 7.54. The van der Waals surface area contributed by atoms with Gasteiger partial charge in [0.1, 0.15) is 4.90 Å². The molecule has 172 valence electrons. The highest BCUT2D eigenvalue weighted by molar-refractivity contribution is 7.89. The van der Waals surface area contributed by atoms with E-state index in [1.807, 2.05) is 37.3 Å². The molecule has 0 saturated heterocycles. The highest BCUT2D eigenvalue weighted by atomic mass is 35.5. The summed E-state index contributed by atoms with van der Waals surface area (Å²) in [4.78, 5) is 25.6. The van der Waals surface area contributed by atoms with Gasteiger partial charge in [-0.1, -0.05) is 54.1 Å². The van der Waals surface area contributed by atoms with Gasteiger partial charge in [0.05, 0.1) is 22.3 Å². The summed E-state index contributed by atoms with van der Waals surface area (Å²) in [6, 6.07) is 19.9. The Bertz CT molecular complexity index is 1280. The number of benzene rings is 3. The van der Waals surface area contributed by atoms with Crippen LogP contribution in [0.3, 0.4) is 0 Å². The number of halogens is 1. The smallest absolute Gasteiger partial charge is 0.255 e. The van der Waals surface area contributed by atoms with Crippen LogP contribution in [0.25, 0.3) is 0 Å². The molecule has 0 fully saturated rings. The summed E-state index contributed by atoms with van der Waals surface area (Å²) in [7, 11) is -1.08. The minimum atomic E-state index is -3.84. The Morgan fingerprint density at radius 1 is 0.909 bits per heavy atom. The van der Waals surface area contributed by atoms with Crippen molar-refractivity contribution in [3.05, 3.63) is 94.5 Å². The van der Waals surface area contributed by atoms with Crippen molar-refractivity contribution in [3.8, 4) is 0 Å². The van der Waals surface area contributed by atoms with Gasteiger partial charge >= 0.3 is 0 Å². The van der Waals surface area contributed by atoms with Gasteiger partial charge in [0.2, 0.25) is 10.0 Å². The molecule has 0 heterocycles. The van der Waals surface area contributed by atoms with E-state index in [0.29, 0.717) is 5.69 Å². The first-order chi connectivity index (χ1) is 15.6. The molecule has 33 heavy (non-hydrogen) atoms. The standard InChI is InChI=1S/C24H24ClN3O4S/c1-16(17-9-5-4-6-10-17)26-24(30)19-11-7-8-12-21(19)27-23(29)18-13-14-20(25)22(15-18)33(31,32)28(2)3/h4-16H,1-3H3,(H,26,30)(H,27,29)/t16-/m1/s1. The maximum atomic E-state index is 12.9. The number of carbonyl (C=O) groups is 2. The van der Waals surface area contributed by atoms with Gasteiger partial charge in [-0.25, -0.2) is 12.7 Å². The molecule has 0 bridgehead atoms. The zero-order chi connectivity index (χ0) is 24.2. The highest BCUT2D eigenvalue weighted by Crippen LogP contribution is 2.26. The summed E-state index contributed by atoms with van der Waals surface area (Å²) in [5, 5.41) is 5.63. The van der Waals surface area contributed by atoms with Crippen molar-refractivity contribution in [3.63, 3.8) is 0 Å². The maximum absolute atomic E-state index is 12.9. The molecule has 0 radical (unpaired) electrons. The van der Waals surface area contributed by atoms with E-state index in [0.717, 1.165) is 9.87 Å². The van der Waals surface area contributed by atoms with Crippen molar-refractivity contribution in [2.75, 3.05) is 19.4 Å². The van der Waals surface area contributed by atoms with Gasteiger partial charge in [0.15, 0.2) is 0 Å². The van der Waals surface area contributed by atoms with E-state index in [1.165, 1.54) is 32.3 Å². The Balaban J connectivity index is 1.84. The van der Waals surface area contributed by atoms with Crippen LogP contribution in [0.5, 0.6) is 0 Å². The number of nitrogens with one attached hydrogen (secondary N) is 2. The number of nitrogens with zero attached hydrogens (tertiary/aromatic N) is 1. The molecule has 1 atom stereocenters. The van der Waals surface area contributed by atoms with E-state index in [1.54, 1.807) is 24.3 Å². The zero-order valence-corrected chi connectivity index (χ0v) is 19.9. The molecule has 0 saturated carbocycles. The Kier molecular flexibility index (Phi) is 7.53. The molecule has 7 nitrogen and oxygen atoms in total. The first-order valence-electron chi connectivity index (χ1n) is 10.1. The Labute approximate surface area is 198 Å². The Morgan fingerprint density at radius 2 is 1.55 bits per heavy atom. The molecule has 0 spiro atoms. The van der Waals surface area contributed by atoms with Crippen LogP contribution < -0.4 is 10.6 Å². The van der Waals surface area contributed by atoms with Crippen LogP contribution in [0.15, 0.2) is 77.7 Å². The molecule has 2 amide bonds. The van der Waals surface area contributed by atoms with Gasteiger partial charge < -0.3 is 10.6 Å². The molecule has 9 heteroatoms. The quantitative estimate of drug-likeness (QED) is 0.520. The van der Waals surface area contributed by atoms with Gasteiger partial charge in [-0.3, -0.25) is 9.59 Å². The number of carbonyl (C=O) groups excluding carboxylic acids is 2. The zero-order valence-electron chi connectivity index (χ0n) is 18.4. The second-order valence-corrected chi connectivity index (χ2v) is 10.1. The summed E-state index contributed by atoms with van der Waals surface area (Å²) in [6.07, 6.45) is 0. The van der Waals surface area contributed by atoms with Gasteiger partial charge in [0.25, 0.3) is 11.8 Å². The fourth-order valence-electron chi connectivity index (χ4n) is 3.12. The van der Waals surface area contributed by atoms with Crippen molar-refractivity contribution >= 4 is 39.1 Å². The number of sulfonamides is 1. The van der Waals surface area contributed by atoms with Gasteiger partial charge in [-0.05, 0) is 42.8 Å². The van der Waals surface area contributed by atoms with Gasteiger partial charge in [-0.15, -0.1) is 0 Å². The molecule has 0 aromatic heterocycles. The summed E-state index contributed by atoms with van der Waals surface area (Å²) in [6.45, 7) is 1.87. The van der Waals surface area contributed by atoms with Crippen molar-refractivity contribution in [1.29, 1.82) is 0 Å². The Morgan fingerprint density at radius 3 is 2.21 bits per heavy atom. The van der Waals surface area contributed by atoms with Crippen molar-refractivity contribution < 1.29 is 18.0 Å². The molecule has 3 aromatic carbocycles. The van der Waals surface area contributed by atoms with E-state index in [4.69, 9.17) is 11.6 Å². The van der Waals surface area contributed by atoms with Crippen molar-refractivity contribution in [1.82, 2.24) is 9.62 Å². The number of para-hydroxylation sites is 1. The first kappa shape index (κ1) is 24.4. The van der Waals surface area contributed by atoms with Crippen molar-refractivity contribution in [2.45, 2.75) is 17.9 Å². The van der Waals surface area contributed by atoms with Crippen LogP contribution >= 0.6 is 11.6 Å². The number of amides is 2. The molecule has 0 aliphatic rings. The molecular weight excluding hydrogens is 462 g/mol. The van der Waals surface area contributed by atoms with E-state index in [2.05, 4.69) is 10.6 Å².